The first-order valence-electron chi connectivity index (χ1n) is 11.2. The van der Waals surface area contributed by atoms with Gasteiger partial charge >= 0.3 is 0 Å². The number of sulfonamides is 1. The number of hydrogen-bond acceptors (Lipinski definition) is 4. The standard InChI is InChI=1S/C24H29N3O4S/c28-23(25-18-10-3-1-4-11-18)20-14-7-8-15-21(20)26-24(29)22-16-9-17-27(22)32(30,31)19-12-5-2-6-13-19/h2,5-8,12-15,18,22H,1,3-4,9-11,16-17H2,(H,25,28)(H,26,29)/t22-/m1/s1. The Kier molecular flexibility index (Phi) is 6.91. The van der Waals surface area contributed by atoms with Gasteiger partial charge in [-0.2, -0.15) is 4.31 Å². The molecule has 0 unspecified atom stereocenters. The van der Waals surface area contributed by atoms with E-state index in [9.17, 15) is 18.0 Å². The Morgan fingerprint density at radius 1 is 0.844 bits per heavy atom. The highest BCUT2D eigenvalue weighted by atomic mass is 32.2. The van der Waals surface area contributed by atoms with Gasteiger partial charge in [-0.3, -0.25) is 9.59 Å². The molecule has 7 nitrogen and oxygen atoms in total. The predicted octanol–water partition coefficient (Wildman–Crippen LogP) is 3.54. The summed E-state index contributed by atoms with van der Waals surface area (Å²) in [6.45, 7) is 0.291. The van der Waals surface area contributed by atoms with Crippen LogP contribution >= 0.6 is 0 Å². The Bertz CT molecular complexity index is 1070. The summed E-state index contributed by atoms with van der Waals surface area (Å²) in [6.07, 6.45) is 6.39. The zero-order chi connectivity index (χ0) is 22.6. The van der Waals surface area contributed by atoms with Crippen LogP contribution in [0.25, 0.3) is 0 Å². The zero-order valence-electron chi connectivity index (χ0n) is 18.0. The van der Waals surface area contributed by atoms with E-state index in [2.05, 4.69) is 10.6 Å². The summed E-state index contributed by atoms with van der Waals surface area (Å²) >= 11 is 0. The van der Waals surface area contributed by atoms with Crippen LogP contribution in [0.1, 0.15) is 55.3 Å². The van der Waals surface area contributed by atoms with Gasteiger partial charge in [0.15, 0.2) is 0 Å². The Hall–Kier alpha value is -2.71. The molecular weight excluding hydrogens is 426 g/mol. The minimum Gasteiger partial charge on any atom is -0.349 e. The van der Waals surface area contributed by atoms with Crippen LogP contribution in [-0.2, 0) is 14.8 Å². The van der Waals surface area contributed by atoms with Gasteiger partial charge in [0.05, 0.1) is 16.1 Å². The fourth-order valence-corrected chi connectivity index (χ4v) is 6.21. The number of para-hydroxylation sites is 1. The Balaban J connectivity index is 1.49. The van der Waals surface area contributed by atoms with Crippen molar-refractivity contribution in [3.05, 3.63) is 60.2 Å². The maximum atomic E-state index is 13.1. The molecule has 0 spiro atoms. The molecule has 0 radical (unpaired) electrons. The van der Waals surface area contributed by atoms with Crippen LogP contribution < -0.4 is 10.6 Å². The maximum Gasteiger partial charge on any atom is 0.253 e. The highest BCUT2D eigenvalue weighted by Gasteiger charge is 2.39. The van der Waals surface area contributed by atoms with Crippen LogP contribution in [0.2, 0.25) is 0 Å². The van der Waals surface area contributed by atoms with Gasteiger partial charge in [-0.1, -0.05) is 49.6 Å². The molecule has 4 rings (SSSR count). The van der Waals surface area contributed by atoms with E-state index in [1.807, 2.05) is 0 Å². The molecule has 2 aromatic rings. The fraction of sp³-hybridized carbons (Fsp3) is 0.417. The van der Waals surface area contributed by atoms with Crippen molar-refractivity contribution in [2.24, 2.45) is 0 Å². The van der Waals surface area contributed by atoms with Gasteiger partial charge in [0.2, 0.25) is 15.9 Å². The molecule has 0 aromatic heterocycles. The van der Waals surface area contributed by atoms with E-state index in [-0.39, 0.29) is 16.8 Å². The minimum absolute atomic E-state index is 0.154. The van der Waals surface area contributed by atoms with Crippen LogP contribution in [0, 0.1) is 0 Å². The van der Waals surface area contributed by atoms with Crippen LogP contribution in [0.5, 0.6) is 0 Å². The Morgan fingerprint density at radius 2 is 1.53 bits per heavy atom. The van der Waals surface area contributed by atoms with Crippen LogP contribution in [-0.4, -0.2) is 43.2 Å². The van der Waals surface area contributed by atoms with Crippen molar-refractivity contribution in [2.45, 2.75) is 61.9 Å². The lowest BCUT2D eigenvalue weighted by Crippen LogP contribution is -2.43. The quantitative estimate of drug-likeness (QED) is 0.696. The van der Waals surface area contributed by atoms with Crippen LogP contribution in [0.15, 0.2) is 59.5 Å². The second-order valence-electron chi connectivity index (χ2n) is 8.43. The number of carbonyl (C=O) groups excluding carboxylic acids is 2. The fourth-order valence-electron chi connectivity index (χ4n) is 4.53. The maximum absolute atomic E-state index is 13.1. The molecule has 2 aliphatic rings. The van der Waals surface area contributed by atoms with E-state index in [1.165, 1.54) is 22.9 Å². The highest BCUT2D eigenvalue weighted by molar-refractivity contribution is 7.89. The first-order valence-corrected chi connectivity index (χ1v) is 12.7. The van der Waals surface area contributed by atoms with Crippen molar-refractivity contribution < 1.29 is 18.0 Å². The molecule has 1 saturated carbocycles. The van der Waals surface area contributed by atoms with Crippen molar-refractivity contribution in [2.75, 3.05) is 11.9 Å². The average molecular weight is 456 g/mol. The summed E-state index contributed by atoms with van der Waals surface area (Å²) in [5.74, 6) is -0.632. The van der Waals surface area contributed by atoms with E-state index in [4.69, 9.17) is 0 Å². The third-order valence-electron chi connectivity index (χ3n) is 6.23. The number of nitrogens with one attached hydrogen (secondary N) is 2. The molecule has 1 heterocycles. The topological polar surface area (TPSA) is 95.6 Å². The van der Waals surface area contributed by atoms with E-state index >= 15 is 0 Å². The van der Waals surface area contributed by atoms with Crippen molar-refractivity contribution in [1.82, 2.24) is 9.62 Å². The molecule has 2 N–H and O–H groups in total. The van der Waals surface area contributed by atoms with Gasteiger partial charge in [0, 0.05) is 12.6 Å². The molecule has 2 amide bonds. The summed E-state index contributed by atoms with van der Waals surface area (Å²) in [4.78, 5) is 26.2. The summed E-state index contributed by atoms with van der Waals surface area (Å²) < 4.78 is 27.4. The van der Waals surface area contributed by atoms with Gasteiger partial charge in [0.1, 0.15) is 6.04 Å². The predicted molar refractivity (Wildman–Crippen MR) is 123 cm³/mol. The molecule has 1 saturated heterocycles. The molecule has 8 heteroatoms. The van der Waals surface area contributed by atoms with E-state index in [1.54, 1.807) is 42.5 Å². The van der Waals surface area contributed by atoms with Crippen LogP contribution in [0.3, 0.4) is 0 Å². The molecule has 32 heavy (non-hydrogen) atoms. The Morgan fingerprint density at radius 3 is 2.28 bits per heavy atom. The van der Waals surface area contributed by atoms with Crippen LogP contribution in [0.4, 0.5) is 5.69 Å². The van der Waals surface area contributed by atoms with Gasteiger partial charge in [-0.05, 0) is 49.9 Å². The van der Waals surface area contributed by atoms with Gasteiger partial charge in [0.25, 0.3) is 5.91 Å². The minimum atomic E-state index is -3.78. The number of hydrogen-bond donors (Lipinski definition) is 2. The lowest BCUT2D eigenvalue weighted by Gasteiger charge is -2.25. The normalized spacial score (nSPS) is 20.1. The number of amides is 2. The van der Waals surface area contributed by atoms with Gasteiger partial charge < -0.3 is 10.6 Å². The number of carbonyl (C=O) groups is 2. The molecule has 1 aliphatic carbocycles. The van der Waals surface area contributed by atoms with E-state index < -0.39 is 22.0 Å². The Labute approximate surface area is 189 Å². The van der Waals surface area contributed by atoms with Crippen molar-refractivity contribution in [3.8, 4) is 0 Å². The number of benzene rings is 2. The first kappa shape index (κ1) is 22.5. The average Bonchev–Trinajstić information content (AvgIpc) is 3.32. The van der Waals surface area contributed by atoms with Gasteiger partial charge in [-0.15, -0.1) is 0 Å². The number of anilines is 1. The largest absolute Gasteiger partial charge is 0.349 e. The van der Waals surface area contributed by atoms with Crippen molar-refractivity contribution >= 4 is 27.5 Å². The SMILES string of the molecule is O=C(NC1CCCCC1)c1ccccc1NC(=O)[C@H]1CCCN1S(=O)(=O)c1ccccc1. The summed E-state index contributed by atoms with van der Waals surface area (Å²) in [6, 6.07) is 14.4. The molecule has 1 atom stereocenters. The van der Waals surface area contributed by atoms with Gasteiger partial charge in [-0.25, -0.2) is 8.42 Å². The third-order valence-corrected chi connectivity index (χ3v) is 8.15. The second-order valence-corrected chi connectivity index (χ2v) is 10.3. The highest BCUT2D eigenvalue weighted by Crippen LogP contribution is 2.27. The smallest absolute Gasteiger partial charge is 0.253 e. The molecule has 2 fully saturated rings. The van der Waals surface area contributed by atoms with E-state index in [0.717, 1.165) is 25.7 Å². The lowest BCUT2D eigenvalue weighted by atomic mass is 9.95. The first-order chi connectivity index (χ1) is 15.5. The molecule has 0 bridgehead atoms. The molecule has 170 valence electrons. The lowest BCUT2D eigenvalue weighted by molar-refractivity contribution is -0.119. The molecule has 1 aliphatic heterocycles. The summed E-state index contributed by atoms with van der Waals surface area (Å²) in [5, 5.41) is 5.89. The summed E-state index contributed by atoms with van der Waals surface area (Å²) in [5.41, 5.74) is 0.789. The third kappa shape index (κ3) is 4.86. The number of rotatable bonds is 6. The zero-order valence-corrected chi connectivity index (χ0v) is 18.8. The van der Waals surface area contributed by atoms with Crippen molar-refractivity contribution in [1.29, 1.82) is 0 Å². The van der Waals surface area contributed by atoms with Crippen molar-refractivity contribution in [3.63, 3.8) is 0 Å². The van der Waals surface area contributed by atoms with E-state index in [0.29, 0.717) is 30.6 Å². The monoisotopic (exact) mass is 455 g/mol. The second kappa shape index (κ2) is 9.83. The number of nitrogens with zero attached hydrogens (tertiary/aromatic N) is 1. The summed E-state index contributed by atoms with van der Waals surface area (Å²) in [7, 11) is -3.78. The molecular formula is C24H29N3O4S. The molecule has 2 aromatic carbocycles.